The topological polar surface area (TPSA) is 67.1 Å². The molecule has 0 aliphatic heterocycles. The van der Waals surface area contributed by atoms with Gasteiger partial charge in [0.25, 0.3) is 0 Å². The van der Waals surface area contributed by atoms with Crippen molar-refractivity contribution in [3.8, 4) is 0 Å². The van der Waals surface area contributed by atoms with Gasteiger partial charge in [-0.2, -0.15) is 11.3 Å². The van der Waals surface area contributed by atoms with Gasteiger partial charge in [-0.25, -0.2) is 4.99 Å². The molecule has 0 aromatic carbocycles. The summed E-state index contributed by atoms with van der Waals surface area (Å²) in [6.45, 7) is 7.32. The van der Waals surface area contributed by atoms with E-state index in [1.807, 2.05) is 0 Å². The van der Waals surface area contributed by atoms with E-state index in [1.54, 1.807) is 17.7 Å². The molecule has 0 radical (unpaired) electrons. The largest absolute Gasteiger partial charge is 0.357 e. The number of hydrogen-bond acceptors (Lipinski definition) is 4. The van der Waals surface area contributed by atoms with Crippen molar-refractivity contribution in [2.75, 3.05) is 13.1 Å². The van der Waals surface area contributed by atoms with Gasteiger partial charge in [-0.15, -0.1) is 34.2 Å². The van der Waals surface area contributed by atoms with E-state index in [1.165, 1.54) is 5.56 Å². The molecule has 0 aliphatic carbocycles. The summed E-state index contributed by atoms with van der Waals surface area (Å²) in [6.07, 6.45) is 2.67. The third kappa shape index (κ3) is 5.91. The van der Waals surface area contributed by atoms with Crippen LogP contribution in [0.25, 0.3) is 0 Å². The first kappa shape index (κ1) is 18.9. The fourth-order valence-electron chi connectivity index (χ4n) is 1.93. The van der Waals surface area contributed by atoms with E-state index in [9.17, 15) is 0 Å². The van der Waals surface area contributed by atoms with Gasteiger partial charge in [0.2, 0.25) is 0 Å². The van der Waals surface area contributed by atoms with Gasteiger partial charge in [0, 0.05) is 26.1 Å². The summed E-state index contributed by atoms with van der Waals surface area (Å²) < 4.78 is 2.06. The van der Waals surface area contributed by atoms with E-state index in [0.717, 1.165) is 37.8 Å². The highest BCUT2D eigenvalue weighted by Crippen LogP contribution is 2.06. The molecule has 0 saturated heterocycles. The Hall–Kier alpha value is -1.16. The number of aliphatic imine (C=N–C) groups is 1. The molecule has 0 amide bonds. The maximum atomic E-state index is 4.58. The van der Waals surface area contributed by atoms with Gasteiger partial charge >= 0.3 is 0 Å². The van der Waals surface area contributed by atoms with Crippen molar-refractivity contribution in [2.24, 2.45) is 4.99 Å². The second-order valence-electron chi connectivity index (χ2n) is 4.55. The molecule has 122 valence electrons. The number of aromatic nitrogens is 3. The van der Waals surface area contributed by atoms with Crippen LogP contribution in [0.15, 0.2) is 28.1 Å². The van der Waals surface area contributed by atoms with Gasteiger partial charge in [0.1, 0.15) is 12.2 Å². The highest BCUT2D eigenvalue weighted by molar-refractivity contribution is 14.0. The predicted molar refractivity (Wildman–Crippen MR) is 102 cm³/mol. The predicted octanol–water partition coefficient (Wildman–Crippen LogP) is 2.28. The van der Waals surface area contributed by atoms with Gasteiger partial charge in [-0.05, 0) is 29.3 Å². The number of hydrogen-bond donors (Lipinski definition) is 2. The normalized spacial score (nSPS) is 11.1. The Balaban J connectivity index is 0.00000242. The molecule has 0 aliphatic rings. The van der Waals surface area contributed by atoms with Crippen LogP contribution in [0.3, 0.4) is 0 Å². The van der Waals surface area contributed by atoms with Crippen LogP contribution in [0.1, 0.15) is 25.2 Å². The number of halogens is 1. The van der Waals surface area contributed by atoms with Crippen molar-refractivity contribution in [1.82, 2.24) is 25.4 Å². The lowest BCUT2D eigenvalue weighted by atomic mass is 10.3. The van der Waals surface area contributed by atoms with Crippen LogP contribution in [0.4, 0.5) is 0 Å². The summed E-state index contributed by atoms with van der Waals surface area (Å²) in [7, 11) is 0. The monoisotopic (exact) mass is 434 g/mol. The van der Waals surface area contributed by atoms with Crippen LogP contribution in [0.2, 0.25) is 0 Å². The van der Waals surface area contributed by atoms with E-state index in [4.69, 9.17) is 0 Å². The van der Waals surface area contributed by atoms with Gasteiger partial charge in [0.15, 0.2) is 5.96 Å². The number of guanidine groups is 1. The lowest BCUT2D eigenvalue weighted by molar-refractivity contribution is 0.632. The number of rotatable bonds is 7. The molecule has 0 spiro atoms. The fourth-order valence-corrected chi connectivity index (χ4v) is 2.59. The zero-order valence-corrected chi connectivity index (χ0v) is 16.1. The van der Waals surface area contributed by atoms with Crippen molar-refractivity contribution in [2.45, 2.75) is 33.4 Å². The summed E-state index contributed by atoms with van der Waals surface area (Å²) in [6, 6.07) is 2.10. The van der Waals surface area contributed by atoms with Crippen LogP contribution < -0.4 is 10.6 Å². The summed E-state index contributed by atoms with van der Waals surface area (Å²) in [5.41, 5.74) is 1.24. The van der Waals surface area contributed by atoms with Crippen molar-refractivity contribution >= 4 is 41.3 Å². The van der Waals surface area contributed by atoms with Gasteiger partial charge < -0.3 is 15.2 Å². The Labute approximate surface area is 152 Å². The lowest BCUT2D eigenvalue weighted by Gasteiger charge is -2.12. The highest BCUT2D eigenvalue weighted by Gasteiger charge is 2.02. The number of aryl methyl sites for hydroxylation is 1. The maximum absolute atomic E-state index is 4.58. The van der Waals surface area contributed by atoms with E-state index < -0.39 is 0 Å². The summed E-state index contributed by atoms with van der Waals surface area (Å²) in [5, 5.41) is 18.8. The molecule has 0 fully saturated rings. The molecule has 6 nitrogen and oxygen atoms in total. The van der Waals surface area contributed by atoms with Crippen LogP contribution in [0.5, 0.6) is 0 Å². The molecule has 2 rings (SSSR count). The smallest absolute Gasteiger partial charge is 0.191 e. The van der Waals surface area contributed by atoms with E-state index in [2.05, 4.69) is 61.1 Å². The Kier molecular flexibility index (Phi) is 9.05. The minimum absolute atomic E-state index is 0. The van der Waals surface area contributed by atoms with E-state index in [-0.39, 0.29) is 24.0 Å². The van der Waals surface area contributed by atoms with Gasteiger partial charge in [-0.3, -0.25) is 0 Å². The minimum atomic E-state index is 0. The molecule has 2 N–H and O–H groups in total. The van der Waals surface area contributed by atoms with E-state index >= 15 is 0 Å². The number of nitrogens with one attached hydrogen (secondary N) is 2. The minimum Gasteiger partial charge on any atom is -0.357 e. The van der Waals surface area contributed by atoms with Crippen molar-refractivity contribution in [1.29, 1.82) is 0 Å². The highest BCUT2D eigenvalue weighted by atomic mass is 127. The molecule has 0 atom stereocenters. The number of thiophene rings is 1. The second-order valence-corrected chi connectivity index (χ2v) is 5.33. The molecule has 8 heteroatoms. The molecular weight excluding hydrogens is 411 g/mol. The molecule has 2 heterocycles. The van der Waals surface area contributed by atoms with Crippen LogP contribution >= 0.6 is 35.3 Å². The maximum Gasteiger partial charge on any atom is 0.191 e. The van der Waals surface area contributed by atoms with Crippen molar-refractivity contribution < 1.29 is 0 Å². The number of nitrogens with zero attached hydrogens (tertiary/aromatic N) is 4. The molecule has 0 saturated carbocycles. The Morgan fingerprint density at radius 3 is 2.91 bits per heavy atom. The molecule has 0 bridgehead atoms. The third-order valence-electron chi connectivity index (χ3n) is 3.00. The van der Waals surface area contributed by atoms with Gasteiger partial charge in [0.05, 0.1) is 6.54 Å². The molecule has 2 aromatic rings. The first-order valence-electron chi connectivity index (χ1n) is 7.23. The SMILES string of the molecule is CCNC(=NCc1ccsc1)NCCn1cnnc1CC.I. The molecule has 22 heavy (non-hydrogen) atoms. The average Bonchev–Trinajstić information content (AvgIpc) is 3.16. The standard InChI is InChI=1S/C14H22N6S.HI/c1-3-13-19-18-11-20(13)7-6-16-14(15-4-2)17-9-12-5-8-21-10-12;/h5,8,10-11H,3-4,6-7,9H2,1-2H3,(H2,15,16,17);1H. The third-order valence-corrected chi connectivity index (χ3v) is 3.73. The fraction of sp³-hybridized carbons (Fsp3) is 0.500. The first-order chi connectivity index (χ1) is 10.3. The van der Waals surface area contributed by atoms with Crippen LogP contribution in [-0.4, -0.2) is 33.8 Å². The van der Waals surface area contributed by atoms with Crippen LogP contribution in [0, 0.1) is 0 Å². The molecule has 2 aromatic heterocycles. The zero-order valence-electron chi connectivity index (χ0n) is 13.0. The Morgan fingerprint density at radius 1 is 1.36 bits per heavy atom. The first-order valence-corrected chi connectivity index (χ1v) is 8.17. The Morgan fingerprint density at radius 2 is 2.23 bits per heavy atom. The average molecular weight is 434 g/mol. The van der Waals surface area contributed by atoms with E-state index in [0.29, 0.717) is 6.54 Å². The summed E-state index contributed by atoms with van der Waals surface area (Å²) in [5.74, 6) is 1.85. The van der Waals surface area contributed by atoms with Gasteiger partial charge in [-0.1, -0.05) is 6.92 Å². The lowest BCUT2D eigenvalue weighted by Crippen LogP contribution is -2.38. The van der Waals surface area contributed by atoms with Crippen molar-refractivity contribution in [3.05, 3.63) is 34.5 Å². The quantitative estimate of drug-likeness (QED) is 0.399. The second kappa shape index (κ2) is 10.5. The molecular formula is C14H23IN6S. The summed E-state index contributed by atoms with van der Waals surface area (Å²) >= 11 is 1.70. The summed E-state index contributed by atoms with van der Waals surface area (Å²) in [4.78, 5) is 4.58. The van der Waals surface area contributed by atoms with Crippen LogP contribution in [-0.2, 0) is 19.5 Å². The Bertz CT molecular complexity index is 551. The zero-order chi connectivity index (χ0) is 14.9. The van der Waals surface area contributed by atoms with Crippen molar-refractivity contribution in [3.63, 3.8) is 0 Å². The molecule has 0 unspecified atom stereocenters.